The average molecular weight is 783 g/mol. The molecule has 10 heteroatoms. The van der Waals surface area contributed by atoms with Gasteiger partial charge in [0.05, 0.1) is 52.8 Å². The first-order chi connectivity index (χ1) is 27.7. The molecule has 0 aliphatic carbocycles. The standard InChI is InChI=1S/C47H62N2O8/c1-35(2)20-22-53-23-24-54-25-26-55-27-28-56-29-30-57-46-18-17-43(44-10-6-7-11-45(44)46)39-15-13-38(14-16-39)40(32-37(4)50)33-42(51)34-49-47(52)12-8-5-9-41-31-36(3)19-21-48-41/h6-7,10-11,13-19,21,31,35,40H,5,8-9,12,20,22-30,32-34H2,1-4H3,(H,49,52)/t40-/m1/s1. The highest BCUT2D eigenvalue weighted by atomic mass is 16.6. The monoisotopic (exact) mass is 782 g/mol. The van der Waals surface area contributed by atoms with Gasteiger partial charge in [-0.15, -0.1) is 0 Å². The Bertz CT molecular complexity index is 1810. The van der Waals surface area contributed by atoms with Crippen molar-refractivity contribution >= 4 is 28.2 Å². The van der Waals surface area contributed by atoms with Crippen molar-refractivity contribution in [2.45, 2.75) is 78.6 Å². The van der Waals surface area contributed by atoms with Crippen LogP contribution in [0, 0.1) is 12.8 Å². The Labute approximate surface area is 339 Å². The van der Waals surface area contributed by atoms with Gasteiger partial charge in [-0.05, 0) is 97.2 Å². The number of rotatable bonds is 29. The van der Waals surface area contributed by atoms with Gasteiger partial charge in [-0.1, -0.05) is 68.4 Å². The van der Waals surface area contributed by atoms with Crippen LogP contribution in [0.4, 0.5) is 0 Å². The maximum atomic E-state index is 13.0. The summed E-state index contributed by atoms with van der Waals surface area (Å²) in [6.07, 6.45) is 6.04. The molecule has 57 heavy (non-hydrogen) atoms. The minimum absolute atomic E-state index is 0.0135. The summed E-state index contributed by atoms with van der Waals surface area (Å²) >= 11 is 0. The quantitative estimate of drug-likeness (QED) is 0.0543. The van der Waals surface area contributed by atoms with Crippen molar-refractivity contribution < 1.29 is 38.1 Å². The highest BCUT2D eigenvalue weighted by molar-refractivity contribution is 6.00. The second kappa shape index (κ2) is 25.7. The number of hydrogen-bond acceptors (Lipinski definition) is 9. The first kappa shape index (κ1) is 45.2. The normalized spacial score (nSPS) is 11.9. The Morgan fingerprint density at radius 2 is 1.37 bits per heavy atom. The average Bonchev–Trinajstić information content (AvgIpc) is 3.19. The molecule has 0 radical (unpaired) electrons. The predicted octanol–water partition coefficient (Wildman–Crippen LogP) is 8.25. The fourth-order valence-electron chi connectivity index (χ4n) is 6.49. The SMILES string of the molecule is CC(=O)C[C@H](CC(=O)CNC(=O)CCCCc1cc(C)ccn1)c1ccc(-c2ccc(OCCOCCOCCOCCOCCC(C)C)c3ccccc23)cc1. The molecule has 1 atom stereocenters. The van der Waals surface area contributed by atoms with Gasteiger partial charge in [-0.25, -0.2) is 0 Å². The van der Waals surface area contributed by atoms with Crippen molar-refractivity contribution in [3.05, 3.63) is 95.8 Å². The molecule has 0 aliphatic rings. The third-order valence-electron chi connectivity index (χ3n) is 9.57. The largest absolute Gasteiger partial charge is 0.491 e. The van der Waals surface area contributed by atoms with Crippen LogP contribution in [0.25, 0.3) is 21.9 Å². The molecular weight excluding hydrogens is 721 g/mol. The molecule has 0 fully saturated rings. The van der Waals surface area contributed by atoms with E-state index >= 15 is 0 Å². The van der Waals surface area contributed by atoms with Crippen LogP contribution in [0.1, 0.15) is 82.0 Å². The molecule has 0 unspecified atom stereocenters. The molecule has 1 N–H and O–H groups in total. The summed E-state index contributed by atoms with van der Waals surface area (Å²) < 4.78 is 28.5. The fourth-order valence-corrected chi connectivity index (χ4v) is 6.49. The first-order valence-corrected chi connectivity index (χ1v) is 20.4. The van der Waals surface area contributed by atoms with E-state index in [4.69, 9.17) is 23.7 Å². The lowest BCUT2D eigenvalue weighted by Gasteiger charge is -2.17. The molecule has 308 valence electrons. The van der Waals surface area contributed by atoms with Crippen molar-refractivity contribution in [2.75, 3.05) is 66.0 Å². The summed E-state index contributed by atoms with van der Waals surface area (Å²) in [6.45, 7) is 12.7. The van der Waals surface area contributed by atoms with Gasteiger partial charge in [0.1, 0.15) is 18.1 Å². The number of carbonyl (C=O) groups excluding carboxylic acids is 3. The van der Waals surface area contributed by atoms with Crippen LogP contribution < -0.4 is 10.1 Å². The van der Waals surface area contributed by atoms with E-state index in [0.29, 0.717) is 65.2 Å². The summed E-state index contributed by atoms with van der Waals surface area (Å²) in [5.41, 5.74) is 5.18. The molecule has 0 saturated heterocycles. The minimum atomic E-state index is -0.271. The van der Waals surface area contributed by atoms with Gasteiger partial charge < -0.3 is 33.8 Å². The molecule has 4 rings (SSSR count). The van der Waals surface area contributed by atoms with Gasteiger partial charge in [-0.2, -0.15) is 0 Å². The van der Waals surface area contributed by atoms with E-state index in [-0.39, 0.29) is 42.8 Å². The molecule has 10 nitrogen and oxygen atoms in total. The van der Waals surface area contributed by atoms with Gasteiger partial charge in [0.25, 0.3) is 0 Å². The number of amides is 1. The molecule has 0 saturated carbocycles. The summed E-state index contributed by atoms with van der Waals surface area (Å²) in [5, 5.41) is 4.83. The van der Waals surface area contributed by atoms with Crippen molar-refractivity contribution in [1.29, 1.82) is 0 Å². The Hall–Kier alpha value is -4.48. The number of aryl methyl sites for hydroxylation is 2. The van der Waals surface area contributed by atoms with Gasteiger partial charge in [0.2, 0.25) is 5.91 Å². The van der Waals surface area contributed by atoms with Crippen molar-refractivity contribution in [2.24, 2.45) is 5.92 Å². The lowest BCUT2D eigenvalue weighted by atomic mass is 9.88. The maximum absolute atomic E-state index is 13.0. The van der Waals surface area contributed by atoms with E-state index in [0.717, 1.165) is 71.2 Å². The molecule has 0 spiro atoms. The van der Waals surface area contributed by atoms with Gasteiger partial charge in [-0.3, -0.25) is 14.6 Å². The van der Waals surface area contributed by atoms with E-state index in [2.05, 4.69) is 42.3 Å². The number of fused-ring (bicyclic) bond motifs is 1. The van der Waals surface area contributed by atoms with Crippen LogP contribution in [0.2, 0.25) is 0 Å². The molecule has 0 bridgehead atoms. The molecule has 4 aromatic rings. The third kappa shape index (κ3) is 17.3. The topological polar surface area (TPSA) is 122 Å². The maximum Gasteiger partial charge on any atom is 0.220 e. The van der Waals surface area contributed by atoms with Crippen molar-refractivity contribution in [3.63, 3.8) is 0 Å². The molecular formula is C47H62N2O8. The van der Waals surface area contributed by atoms with Gasteiger partial charge in [0.15, 0.2) is 5.78 Å². The molecule has 1 amide bonds. The van der Waals surface area contributed by atoms with E-state index in [1.54, 1.807) is 13.1 Å². The van der Waals surface area contributed by atoms with Crippen LogP contribution in [-0.4, -0.2) is 88.5 Å². The number of ketones is 2. The lowest BCUT2D eigenvalue weighted by molar-refractivity contribution is -0.125. The number of hydrogen-bond donors (Lipinski definition) is 1. The summed E-state index contributed by atoms with van der Waals surface area (Å²) in [6, 6.07) is 24.3. The second-order valence-corrected chi connectivity index (χ2v) is 14.9. The van der Waals surface area contributed by atoms with Crippen molar-refractivity contribution in [1.82, 2.24) is 10.3 Å². The van der Waals surface area contributed by atoms with E-state index in [1.807, 2.05) is 61.5 Å². The van der Waals surface area contributed by atoms with E-state index < -0.39 is 0 Å². The Kier molecular flexibility index (Phi) is 20.4. The lowest BCUT2D eigenvalue weighted by Crippen LogP contribution is -2.30. The summed E-state index contributed by atoms with van der Waals surface area (Å²) in [7, 11) is 0. The second-order valence-electron chi connectivity index (χ2n) is 14.9. The zero-order chi connectivity index (χ0) is 40.7. The van der Waals surface area contributed by atoms with Crippen LogP contribution in [0.3, 0.4) is 0 Å². The van der Waals surface area contributed by atoms with Crippen LogP contribution in [0.15, 0.2) is 79.0 Å². The number of nitrogens with zero attached hydrogens (tertiary/aromatic N) is 1. The highest BCUT2D eigenvalue weighted by Gasteiger charge is 2.19. The zero-order valence-electron chi connectivity index (χ0n) is 34.4. The molecule has 3 aromatic carbocycles. The van der Waals surface area contributed by atoms with Crippen LogP contribution in [0.5, 0.6) is 5.75 Å². The summed E-state index contributed by atoms with van der Waals surface area (Å²) in [5.74, 6) is 0.931. The number of Topliss-reactive ketones (excluding diaryl/α,β-unsaturated/α-hetero) is 2. The van der Waals surface area contributed by atoms with Crippen molar-refractivity contribution in [3.8, 4) is 16.9 Å². The number of pyridine rings is 1. The van der Waals surface area contributed by atoms with Crippen LogP contribution in [-0.2, 0) is 39.8 Å². The smallest absolute Gasteiger partial charge is 0.220 e. The summed E-state index contributed by atoms with van der Waals surface area (Å²) in [4.78, 5) is 42.0. The number of carbonyl (C=O) groups is 3. The third-order valence-corrected chi connectivity index (χ3v) is 9.57. The van der Waals surface area contributed by atoms with E-state index in [1.165, 1.54) is 5.56 Å². The Morgan fingerprint density at radius 1 is 0.719 bits per heavy atom. The Morgan fingerprint density at radius 3 is 2.02 bits per heavy atom. The molecule has 1 aromatic heterocycles. The van der Waals surface area contributed by atoms with Gasteiger partial charge >= 0.3 is 0 Å². The molecule has 0 aliphatic heterocycles. The number of benzene rings is 3. The number of nitrogens with one attached hydrogen (secondary N) is 1. The van der Waals surface area contributed by atoms with Crippen LogP contribution >= 0.6 is 0 Å². The minimum Gasteiger partial charge on any atom is -0.491 e. The molecule has 1 heterocycles. The van der Waals surface area contributed by atoms with Gasteiger partial charge in [0, 0.05) is 43.1 Å². The highest BCUT2D eigenvalue weighted by Crippen LogP contribution is 2.35. The number of unbranched alkanes of at least 4 members (excludes halogenated alkanes) is 1. The predicted molar refractivity (Wildman–Crippen MR) is 225 cm³/mol. The number of ether oxygens (including phenoxy) is 5. The fraction of sp³-hybridized carbons (Fsp3) is 0.489. The number of aromatic nitrogens is 1. The van der Waals surface area contributed by atoms with E-state index in [9.17, 15) is 14.4 Å². The zero-order valence-corrected chi connectivity index (χ0v) is 34.4. The first-order valence-electron chi connectivity index (χ1n) is 20.4. The Balaban J connectivity index is 1.19.